The molecule has 0 aromatic heterocycles. The van der Waals surface area contributed by atoms with E-state index in [1.54, 1.807) is 23.1 Å². The first kappa shape index (κ1) is 19.4. The third kappa shape index (κ3) is 3.47. The second kappa shape index (κ2) is 7.59. The number of nitrogens with zero attached hydrogens (tertiary/aromatic N) is 2. The van der Waals surface area contributed by atoms with Crippen LogP contribution in [0.1, 0.15) is 5.56 Å². The Morgan fingerprint density at radius 2 is 1.81 bits per heavy atom. The van der Waals surface area contributed by atoms with Crippen molar-refractivity contribution in [1.29, 1.82) is 0 Å². The first-order chi connectivity index (χ1) is 15.0. The molecule has 7 heteroatoms. The molecule has 0 aliphatic carbocycles. The number of carbonyl (C=O) groups excluding carboxylic acids is 2. The maximum absolute atomic E-state index is 13.4. The van der Waals surface area contributed by atoms with Crippen LogP contribution in [-0.2, 0) is 16.0 Å². The van der Waals surface area contributed by atoms with Gasteiger partial charge in [-0.3, -0.25) is 9.59 Å². The highest BCUT2D eigenvalue weighted by molar-refractivity contribution is 6.02. The average molecular weight is 417 g/mol. The van der Waals surface area contributed by atoms with Crippen LogP contribution >= 0.6 is 0 Å². The summed E-state index contributed by atoms with van der Waals surface area (Å²) in [6.07, 6.45) is -0.912. The predicted octanol–water partition coefficient (Wildman–Crippen LogP) is 1.84. The van der Waals surface area contributed by atoms with E-state index in [0.717, 1.165) is 22.0 Å². The molecule has 31 heavy (non-hydrogen) atoms. The summed E-state index contributed by atoms with van der Waals surface area (Å²) in [7, 11) is 0. The van der Waals surface area contributed by atoms with E-state index in [2.05, 4.69) is 0 Å². The van der Waals surface area contributed by atoms with E-state index in [1.165, 1.54) is 0 Å². The third-order valence-corrected chi connectivity index (χ3v) is 5.91. The number of benzene rings is 3. The van der Waals surface area contributed by atoms with Gasteiger partial charge in [-0.05, 0) is 23.1 Å². The molecule has 158 valence electrons. The van der Waals surface area contributed by atoms with Crippen LogP contribution in [-0.4, -0.2) is 48.8 Å². The number of carbonyl (C=O) groups is 2. The van der Waals surface area contributed by atoms with Crippen molar-refractivity contribution in [2.75, 3.05) is 29.4 Å². The van der Waals surface area contributed by atoms with Crippen molar-refractivity contribution in [1.82, 2.24) is 0 Å². The molecule has 5 rings (SSSR count). The molecule has 3 aromatic carbocycles. The SMILES string of the molecule is NC(=O)C1CN(C(=O)CN2CC(O)Cc3ccc4ccccc4c32)c2ccccc2O1. The Hall–Kier alpha value is -3.58. The van der Waals surface area contributed by atoms with Gasteiger partial charge in [0.2, 0.25) is 5.91 Å². The lowest BCUT2D eigenvalue weighted by Crippen LogP contribution is -2.52. The predicted molar refractivity (Wildman–Crippen MR) is 118 cm³/mol. The van der Waals surface area contributed by atoms with Crippen molar-refractivity contribution >= 4 is 34.0 Å². The molecule has 2 amide bonds. The first-order valence-electron chi connectivity index (χ1n) is 10.3. The molecule has 0 saturated carbocycles. The van der Waals surface area contributed by atoms with Gasteiger partial charge in [0.1, 0.15) is 5.75 Å². The Morgan fingerprint density at radius 1 is 1.03 bits per heavy atom. The van der Waals surface area contributed by atoms with E-state index in [-0.39, 0.29) is 19.0 Å². The number of ether oxygens (including phenoxy) is 1. The molecule has 0 spiro atoms. The number of nitrogens with two attached hydrogens (primary N) is 1. The van der Waals surface area contributed by atoms with E-state index in [4.69, 9.17) is 10.5 Å². The highest BCUT2D eigenvalue weighted by atomic mass is 16.5. The fourth-order valence-corrected chi connectivity index (χ4v) is 4.51. The van der Waals surface area contributed by atoms with Crippen LogP contribution in [0.4, 0.5) is 11.4 Å². The average Bonchev–Trinajstić information content (AvgIpc) is 2.77. The van der Waals surface area contributed by atoms with Gasteiger partial charge < -0.3 is 25.4 Å². The number of hydrogen-bond donors (Lipinski definition) is 2. The number of amides is 2. The summed E-state index contributed by atoms with van der Waals surface area (Å²) in [6, 6.07) is 19.2. The Bertz CT molecular complexity index is 1180. The molecule has 2 aliphatic rings. The summed E-state index contributed by atoms with van der Waals surface area (Å²) < 4.78 is 5.67. The molecule has 7 nitrogen and oxygen atoms in total. The highest BCUT2D eigenvalue weighted by Gasteiger charge is 2.34. The Kier molecular flexibility index (Phi) is 4.75. The summed E-state index contributed by atoms with van der Waals surface area (Å²) in [5, 5.41) is 12.6. The van der Waals surface area contributed by atoms with Crippen LogP contribution in [0, 0.1) is 0 Å². The third-order valence-electron chi connectivity index (χ3n) is 5.91. The monoisotopic (exact) mass is 417 g/mol. The molecule has 2 atom stereocenters. The molecular weight excluding hydrogens is 394 g/mol. The van der Waals surface area contributed by atoms with Gasteiger partial charge in [0.15, 0.2) is 6.10 Å². The normalized spacial score (nSPS) is 20.0. The van der Waals surface area contributed by atoms with Gasteiger partial charge in [0.25, 0.3) is 5.91 Å². The van der Waals surface area contributed by atoms with Crippen LogP contribution in [0.2, 0.25) is 0 Å². The zero-order valence-electron chi connectivity index (χ0n) is 16.9. The van der Waals surface area contributed by atoms with Gasteiger partial charge in [0.05, 0.1) is 24.9 Å². The fraction of sp³-hybridized carbons (Fsp3) is 0.250. The lowest BCUT2D eigenvalue weighted by Gasteiger charge is -2.38. The molecule has 2 unspecified atom stereocenters. The molecular formula is C24H23N3O4. The van der Waals surface area contributed by atoms with Crippen LogP contribution in [0.5, 0.6) is 5.75 Å². The number of aliphatic hydroxyl groups is 1. The standard InChI is InChI=1S/C24H23N3O4/c25-24(30)21-13-27(19-7-3-4-8-20(19)31-21)22(29)14-26-12-17(28)11-16-10-9-15-5-1-2-6-18(15)23(16)26/h1-10,17,21,28H,11-14H2,(H2,25,30). The number of fused-ring (bicyclic) bond motifs is 4. The number of para-hydroxylation sites is 2. The Labute approximate surface area is 179 Å². The second-order valence-corrected chi connectivity index (χ2v) is 8.01. The van der Waals surface area contributed by atoms with Gasteiger partial charge in [-0.1, -0.05) is 48.5 Å². The lowest BCUT2D eigenvalue weighted by atomic mass is 9.95. The quantitative estimate of drug-likeness (QED) is 0.678. The maximum atomic E-state index is 13.4. The van der Waals surface area contributed by atoms with Crippen molar-refractivity contribution in [3.05, 3.63) is 66.2 Å². The molecule has 0 bridgehead atoms. The van der Waals surface area contributed by atoms with Crippen molar-refractivity contribution in [3.63, 3.8) is 0 Å². The summed E-state index contributed by atoms with van der Waals surface area (Å²) in [5.41, 5.74) is 8.07. The minimum absolute atomic E-state index is 0.0595. The number of anilines is 2. The lowest BCUT2D eigenvalue weighted by molar-refractivity contribution is -0.125. The van der Waals surface area contributed by atoms with Gasteiger partial charge in [-0.2, -0.15) is 0 Å². The van der Waals surface area contributed by atoms with Crippen molar-refractivity contribution in [2.24, 2.45) is 5.73 Å². The van der Waals surface area contributed by atoms with E-state index in [0.29, 0.717) is 24.4 Å². The highest BCUT2D eigenvalue weighted by Crippen LogP contribution is 2.36. The topological polar surface area (TPSA) is 96.1 Å². The Balaban J connectivity index is 1.50. The number of hydrogen-bond acceptors (Lipinski definition) is 5. The largest absolute Gasteiger partial charge is 0.477 e. The van der Waals surface area contributed by atoms with E-state index >= 15 is 0 Å². The van der Waals surface area contributed by atoms with Crippen molar-refractivity contribution in [2.45, 2.75) is 18.6 Å². The summed E-state index contributed by atoms with van der Waals surface area (Å²) >= 11 is 0. The molecule has 0 fully saturated rings. The number of primary amides is 1. The van der Waals surface area contributed by atoms with Crippen molar-refractivity contribution < 1.29 is 19.4 Å². The number of β-amino-alcohol motifs (C(OH)–C–C–N with tert-alkyl or cyclic N) is 1. The minimum Gasteiger partial charge on any atom is -0.477 e. The fourth-order valence-electron chi connectivity index (χ4n) is 4.51. The minimum atomic E-state index is -0.904. The Morgan fingerprint density at radius 3 is 2.65 bits per heavy atom. The molecule has 2 heterocycles. The van der Waals surface area contributed by atoms with Gasteiger partial charge in [0, 0.05) is 24.0 Å². The van der Waals surface area contributed by atoms with Crippen LogP contribution < -0.4 is 20.3 Å². The zero-order valence-corrected chi connectivity index (χ0v) is 16.9. The van der Waals surface area contributed by atoms with Crippen molar-refractivity contribution in [3.8, 4) is 5.75 Å². The smallest absolute Gasteiger partial charge is 0.260 e. The van der Waals surface area contributed by atoms with Gasteiger partial charge in [-0.15, -0.1) is 0 Å². The summed E-state index contributed by atoms with van der Waals surface area (Å²) in [6.45, 7) is 0.486. The second-order valence-electron chi connectivity index (χ2n) is 8.01. The summed E-state index contributed by atoms with van der Waals surface area (Å²) in [5.74, 6) is -0.345. The molecule has 2 aliphatic heterocycles. The van der Waals surface area contributed by atoms with E-state index in [9.17, 15) is 14.7 Å². The van der Waals surface area contributed by atoms with Crippen LogP contribution in [0.25, 0.3) is 10.8 Å². The summed E-state index contributed by atoms with van der Waals surface area (Å²) in [4.78, 5) is 28.7. The first-order valence-corrected chi connectivity index (χ1v) is 10.3. The maximum Gasteiger partial charge on any atom is 0.260 e. The molecule has 0 saturated heterocycles. The molecule has 3 aromatic rings. The zero-order chi connectivity index (χ0) is 21.5. The van der Waals surface area contributed by atoms with E-state index in [1.807, 2.05) is 47.4 Å². The molecule has 0 radical (unpaired) electrons. The van der Waals surface area contributed by atoms with Gasteiger partial charge >= 0.3 is 0 Å². The van der Waals surface area contributed by atoms with Crippen LogP contribution in [0.3, 0.4) is 0 Å². The van der Waals surface area contributed by atoms with E-state index < -0.39 is 18.1 Å². The number of aliphatic hydroxyl groups excluding tert-OH is 1. The van der Waals surface area contributed by atoms with Gasteiger partial charge in [-0.25, -0.2) is 0 Å². The molecule has 3 N–H and O–H groups in total. The number of rotatable bonds is 3. The van der Waals surface area contributed by atoms with Crippen LogP contribution in [0.15, 0.2) is 60.7 Å².